The Morgan fingerprint density at radius 2 is 2.09 bits per heavy atom. The number of rotatable bonds is 3. The molecule has 2 aliphatic heterocycles. The Morgan fingerprint density at radius 1 is 1.30 bits per heavy atom. The van der Waals surface area contributed by atoms with E-state index < -0.39 is 0 Å². The standard InChI is InChI=1S/C17H21ClN2O3/c18-13-7-11(8-14-15(13)23-6-5-22-14)10-20-16(21)12-9-17(12)1-3-19-4-2-17/h7-8,12,19H,1-6,9-10H2,(H,20,21). The van der Waals surface area contributed by atoms with Gasteiger partial charge in [0.15, 0.2) is 11.5 Å². The lowest BCUT2D eigenvalue weighted by atomic mass is 9.92. The number of nitrogens with one attached hydrogen (secondary N) is 2. The monoisotopic (exact) mass is 336 g/mol. The predicted molar refractivity (Wildman–Crippen MR) is 86.9 cm³/mol. The maximum absolute atomic E-state index is 12.4. The van der Waals surface area contributed by atoms with Crippen LogP contribution in [0.5, 0.6) is 11.5 Å². The summed E-state index contributed by atoms with van der Waals surface area (Å²) in [4.78, 5) is 12.4. The van der Waals surface area contributed by atoms with Crippen LogP contribution in [0.2, 0.25) is 5.02 Å². The highest BCUT2D eigenvalue weighted by Crippen LogP contribution is 2.58. The first-order chi connectivity index (χ1) is 11.2. The summed E-state index contributed by atoms with van der Waals surface area (Å²) in [5.41, 5.74) is 1.20. The first-order valence-corrected chi connectivity index (χ1v) is 8.62. The molecule has 0 radical (unpaired) electrons. The van der Waals surface area contributed by atoms with E-state index >= 15 is 0 Å². The molecule has 1 atom stereocenters. The van der Waals surface area contributed by atoms with Crippen LogP contribution >= 0.6 is 11.6 Å². The van der Waals surface area contributed by atoms with E-state index in [1.807, 2.05) is 12.1 Å². The van der Waals surface area contributed by atoms with Crippen LogP contribution in [0, 0.1) is 11.3 Å². The molecule has 1 aliphatic carbocycles. The normalized spacial score (nSPS) is 24.3. The van der Waals surface area contributed by atoms with Crippen LogP contribution in [-0.2, 0) is 11.3 Å². The van der Waals surface area contributed by atoms with Crippen molar-refractivity contribution in [2.24, 2.45) is 11.3 Å². The minimum absolute atomic E-state index is 0.165. The van der Waals surface area contributed by atoms with Gasteiger partial charge >= 0.3 is 0 Å². The van der Waals surface area contributed by atoms with E-state index in [4.69, 9.17) is 21.1 Å². The average molecular weight is 337 g/mol. The van der Waals surface area contributed by atoms with Gasteiger partial charge < -0.3 is 20.1 Å². The van der Waals surface area contributed by atoms with Crippen LogP contribution in [-0.4, -0.2) is 32.2 Å². The van der Waals surface area contributed by atoms with E-state index in [9.17, 15) is 4.79 Å². The number of benzene rings is 1. The lowest BCUT2D eigenvalue weighted by Gasteiger charge is -2.23. The Bertz CT molecular complexity index is 629. The Labute approximate surface area is 140 Å². The van der Waals surface area contributed by atoms with E-state index in [0.717, 1.165) is 37.9 Å². The first-order valence-electron chi connectivity index (χ1n) is 8.24. The van der Waals surface area contributed by atoms with Crippen molar-refractivity contribution in [3.63, 3.8) is 0 Å². The number of piperidine rings is 1. The summed E-state index contributed by atoms with van der Waals surface area (Å²) in [5.74, 6) is 1.60. The number of amides is 1. The van der Waals surface area contributed by atoms with Crippen LogP contribution in [0.3, 0.4) is 0 Å². The van der Waals surface area contributed by atoms with Crippen LogP contribution in [0.15, 0.2) is 12.1 Å². The summed E-state index contributed by atoms with van der Waals surface area (Å²) in [5, 5.41) is 6.95. The molecule has 1 amide bonds. The molecular formula is C17H21ClN2O3. The molecule has 1 saturated heterocycles. The molecule has 5 nitrogen and oxygen atoms in total. The number of ether oxygens (including phenoxy) is 2. The van der Waals surface area contributed by atoms with Gasteiger partial charge in [0, 0.05) is 12.5 Å². The zero-order chi connectivity index (χ0) is 15.9. The highest BCUT2D eigenvalue weighted by molar-refractivity contribution is 6.32. The summed E-state index contributed by atoms with van der Waals surface area (Å²) in [6.45, 7) is 3.57. The fourth-order valence-corrected chi connectivity index (χ4v) is 4.06. The van der Waals surface area contributed by atoms with E-state index in [1.165, 1.54) is 0 Å². The summed E-state index contributed by atoms with van der Waals surface area (Å²) in [7, 11) is 0. The lowest BCUT2D eigenvalue weighted by molar-refractivity contribution is -0.123. The molecule has 4 rings (SSSR count). The SMILES string of the molecule is O=C(NCc1cc(Cl)c2c(c1)OCCO2)C1CC12CCNCC2. The molecule has 1 saturated carbocycles. The molecule has 1 unspecified atom stereocenters. The summed E-state index contributed by atoms with van der Waals surface area (Å²) in [6.07, 6.45) is 3.25. The summed E-state index contributed by atoms with van der Waals surface area (Å²) >= 11 is 6.23. The third kappa shape index (κ3) is 2.88. The molecule has 23 heavy (non-hydrogen) atoms. The van der Waals surface area contributed by atoms with Crippen molar-refractivity contribution >= 4 is 17.5 Å². The molecule has 1 spiro atoms. The van der Waals surface area contributed by atoms with Gasteiger partial charge in [-0.3, -0.25) is 4.79 Å². The Morgan fingerprint density at radius 3 is 2.91 bits per heavy atom. The van der Waals surface area contributed by atoms with Crippen molar-refractivity contribution in [3.05, 3.63) is 22.7 Å². The molecule has 1 aromatic carbocycles. The smallest absolute Gasteiger partial charge is 0.223 e. The third-order valence-electron chi connectivity index (χ3n) is 5.23. The maximum atomic E-state index is 12.4. The van der Waals surface area contributed by atoms with Gasteiger partial charge in [-0.25, -0.2) is 0 Å². The minimum atomic E-state index is 0.165. The van der Waals surface area contributed by atoms with Crippen molar-refractivity contribution in [3.8, 4) is 11.5 Å². The Kier molecular flexibility index (Phi) is 3.85. The van der Waals surface area contributed by atoms with Gasteiger partial charge in [-0.2, -0.15) is 0 Å². The number of carbonyl (C=O) groups is 1. The minimum Gasteiger partial charge on any atom is -0.486 e. The van der Waals surface area contributed by atoms with Gasteiger partial charge in [-0.15, -0.1) is 0 Å². The number of carbonyl (C=O) groups excluding carboxylic acids is 1. The molecule has 0 bridgehead atoms. The first kappa shape index (κ1) is 15.1. The van der Waals surface area contributed by atoms with E-state index in [0.29, 0.717) is 36.3 Å². The zero-order valence-corrected chi connectivity index (χ0v) is 13.7. The number of halogens is 1. The summed E-state index contributed by atoms with van der Waals surface area (Å²) < 4.78 is 11.1. The maximum Gasteiger partial charge on any atom is 0.223 e. The number of fused-ring (bicyclic) bond motifs is 1. The highest BCUT2D eigenvalue weighted by Gasteiger charge is 2.57. The molecule has 2 heterocycles. The average Bonchev–Trinajstić information content (AvgIpc) is 3.26. The third-order valence-corrected chi connectivity index (χ3v) is 5.51. The summed E-state index contributed by atoms with van der Waals surface area (Å²) in [6, 6.07) is 3.73. The van der Waals surface area contributed by atoms with Crippen molar-refractivity contribution in [1.29, 1.82) is 0 Å². The van der Waals surface area contributed by atoms with Crippen LogP contribution in [0.1, 0.15) is 24.8 Å². The second kappa shape index (κ2) is 5.87. The van der Waals surface area contributed by atoms with Crippen LogP contribution in [0.4, 0.5) is 0 Å². The van der Waals surface area contributed by atoms with Crippen molar-refractivity contribution in [2.75, 3.05) is 26.3 Å². The van der Waals surface area contributed by atoms with Crippen molar-refractivity contribution in [1.82, 2.24) is 10.6 Å². The van der Waals surface area contributed by atoms with Crippen LogP contribution < -0.4 is 20.1 Å². The molecule has 2 fully saturated rings. The van der Waals surface area contributed by atoms with Crippen molar-refractivity contribution in [2.45, 2.75) is 25.8 Å². The largest absolute Gasteiger partial charge is 0.486 e. The Hall–Kier alpha value is -1.46. The van der Waals surface area contributed by atoms with Gasteiger partial charge in [-0.1, -0.05) is 11.6 Å². The predicted octanol–water partition coefficient (Wildman–Crippen LogP) is 2.12. The number of hydrogen-bond acceptors (Lipinski definition) is 4. The second-order valence-electron chi connectivity index (χ2n) is 6.69. The zero-order valence-electron chi connectivity index (χ0n) is 13.0. The van der Waals surface area contributed by atoms with Gasteiger partial charge in [-0.05, 0) is 55.5 Å². The molecule has 3 aliphatic rings. The Balaban J connectivity index is 1.38. The topological polar surface area (TPSA) is 59.6 Å². The van der Waals surface area contributed by atoms with E-state index in [1.54, 1.807) is 0 Å². The number of hydrogen-bond donors (Lipinski definition) is 2. The van der Waals surface area contributed by atoms with Gasteiger partial charge in [0.05, 0.1) is 5.02 Å². The molecule has 124 valence electrons. The van der Waals surface area contributed by atoms with Crippen molar-refractivity contribution < 1.29 is 14.3 Å². The fraction of sp³-hybridized carbons (Fsp3) is 0.588. The second-order valence-corrected chi connectivity index (χ2v) is 7.10. The molecule has 0 aromatic heterocycles. The fourth-order valence-electron chi connectivity index (χ4n) is 3.77. The molecule has 6 heteroatoms. The highest BCUT2D eigenvalue weighted by atomic mass is 35.5. The van der Waals surface area contributed by atoms with E-state index in [-0.39, 0.29) is 17.2 Å². The van der Waals surface area contributed by atoms with Crippen LogP contribution in [0.25, 0.3) is 0 Å². The quantitative estimate of drug-likeness (QED) is 0.887. The molecular weight excluding hydrogens is 316 g/mol. The van der Waals surface area contributed by atoms with E-state index in [2.05, 4.69) is 10.6 Å². The lowest BCUT2D eigenvalue weighted by Crippen LogP contribution is -2.33. The van der Waals surface area contributed by atoms with Gasteiger partial charge in [0.2, 0.25) is 5.91 Å². The molecule has 2 N–H and O–H groups in total. The van der Waals surface area contributed by atoms with Gasteiger partial charge in [0.25, 0.3) is 0 Å². The van der Waals surface area contributed by atoms with Gasteiger partial charge in [0.1, 0.15) is 13.2 Å². The molecule has 1 aromatic rings.